The molecule has 1 aliphatic heterocycles. The van der Waals surface area contributed by atoms with Gasteiger partial charge in [0, 0.05) is 6.54 Å². The third-order valence-corrected chi connectivity index (χ3v) is 3.42. The van der Waals surface area contributed by atoms with Crippen LogP contribution in [0.1, 0.15) is 38.8 Å². The van der Waals surface area contributed by atoms with Gasteiger partial charge in [-0.25, -0.2) is 14.4 Å². The molecule has 1 aromatic heterocycles. The number of Topliss-reactive ketones (excluding diaryl/α,β-unsaturated/α-hetero) is 1. The number of halogens is 1. The zero-order valence-corrected chi connectivity index (χ0v) is 10.8. The highest BCUT2D eigenvalue weighted by atomic mass is 19.1. The zero-order valence-electron chi connectivity index (χ0n) is 10.8. The molecule has 0 saturated carbocycles. The summed E-state index contributed by atoms with van der Waals surface area (Å²) in [7, 11) is 0. The maximum Gasteiger partial charge on any atom is 0.187 e. The largest absolute Gasteiger partial charge is 0.344 e. The lowest BCUT2D eigenvalue weighted by atomic mass is 9.99. The van der Waals surface area contributed by atoms with Crippen LogP contribution in [0.3, 0.4) is 0 Å². The molecule has 1 unspecified atom stereocenters. The Hall–Kier alpha value is -1.52. The molecule has 1 fully saturated rings. The highest BCUT2D eigenvalue weighted by Crippen LogP contribution is 2.26. The fourth-order valence-electron chi connectivity index (χ4n) is 2.45. The van der Waals surface area contributed by atoms with E-state index in [2.05, 4.69) is 9.97 Å². The van der Waals surface area contributed by atoms with Crippen LogP contribution in [-0.2, 0) is 11.2 Å². The van der Waals surface area contributed by atoms with E-state index >= 15 is 0 Å². The standard InChI is InChI=1S/C13H18FN3O/c1-3-10-12(14)13(16-8-15-10)17-7-5-4-6-11(17)9(2)18/h8,11H,3-7H2,1-2H3. The van der Waals surface area contributed by atoms with Crippen LogP contribution in [0.25, 0.3) is 0 Å². The van der Waals surface area contributed by atoms with Gasteiger partial charge in [0.2, 0.25) is 0 Å². The first-order chi connectivity index (χ1) is 8.65. The second kappa shape index (κ2) is 5.42. The smallest absolute Gasteiger partial charge is 0.187 e. The normalized spacial score (nSPS) is 19.9. The molecule has 0 amide bonds. The molecule has 0 N–H and O–H groups in total. The van der Waals surface area contributed by atoms with Crippen molar-refractivity contribution in [2.24, 2.45) is 0 Å². The molecule has 0 aromatic carbocycles. The number of nitrogens with zero attached hydrogens (tertiary/aromatic N) is 3. The topological polar surface area (TPSA) is 46.1 Å². The van der Waals surface area contributed by atoms with Crippen LogP contribution in [0.5, 0.6) is 0 Å². The van der Waals surface area contributed by atoms with E-state index in [0.717, 1.165) is 19.3 Å². The van der Waals surface area contributed by atoms with Gasteiger partial charge in [0.1, 0.15) is 6.33 Å². The van der Waals surface area contributed by atoms with Gasteiger partial charge in [0.05, 0.1) is 11.7 Å². The van der Waals surface area contributed by atoms with Crippen LogP contribution < -0.4 is 4.90 Å². The minimum absolute atomic E-state index is 0.0748. The average molecular weight is 251 g/mol. The van der Waals surface area contributed by atoms with E-state index in [4.69, 9.17) is 0 Å². The van der Waals surface area contributed by atoms with Gasteiger partial charge in [-0.2, -0.15) is 0 Å². The molecule has 0 spiro atoms. The first-order valence-corrected chi connectivity index (χ1v) is 6.41. The van der Waals surface area contributed by atoms with Crippen molar-refractivity contribution < 1.29 is 9.18 Å². The summed E-state index contributed by atoms with van der Waals surface area (Å²) in [6, 6.07) is -0.243. The molecule has 4 nitrogen and oxygen atoms in total. The number of aromatic nitrogens is 2. The van der Waals surface area contributed by atoms with Gasteiger partial charge >= 0.3 is 0 Å². The third kappa shape index (κ3) is 2.35. The van der Waals surface area contributed by atoms with Crippen LogP contribution in [0.2, 0.25) is 0 Å². The molecular weight excluding hydrogens is 233 g/mol. The van der Waals surface area contributed by atoms with Crippen molar-refractivity contribution in [3.05, 3.63) is 17.8 Å². The van der Waals surface area contributed by atoms with Crippen molar-refractivity contribution in [3.63, 3.8) is 0 Å². The predicted molar refractivity (Wildman–Crippen MR) is 67.0 cm³/mol. The molecule has 2 rings (SSSR count). The number of hydrogen-bond acceptors (Lipinski definition) is 4. The Kier molecular flexibility index (Phi) is 3.89. The molecule has 0 bridgehead atoms. The summed E-state index contributed by atoms with van der Waals surface area (Å²) in [5.41, 5.74) is 0.410. The Balaban J connectivity index is 2.36. The summed E-state index contributed by atoms with van der Waals surface area (Å²) in [6.07, 6.45) is 4.66. The van der Waals surface area contributed by atoms with Gasteiger partial charge in [-0.1, -0.05) is 6.92 Å². The van der Waals surface area contributed by atoms with Crippen molar-refractivity contribution >= 4 is 11.6 Å². The summed E-state index contributed by atoms with van der Waals surface area (Å²) in [6.45, 7) is 4.10. The van der Waals surface area contributed by atoms with Gasteiger partial charge in [0.15, 0.2) is 17.4 Å². The molecule has 1 saturated heterocycles. The van der Waals surface area contributed by atoms with Crippen LogP contribution in [0.15, 0.2) is 6.33 Å². The van der Waals surface area contributed by atoms with Crippen molar-refractivity contribution in [1.82, 2.24) is 9.97 Å². The van der Waals surface area contributed by atoms with Gasteiger partial charge in [-0.3, -0.25) is 4.79 Å². The lowest BCUT2D eigenvalue weighted by molar-refractivity contribution is -0.118. The van der Waals surface area contributed by atoms with E-state index in [-0.39, 0.29) is 23.5 Å². The summed E-state index contributed by atoms with van der Waals surface area (Å²) in [5.74, 6) is -0.0272. The summed E-state index contributed by atoms with van der Waals surface area (Å²) < 4.78 is 14.2. The molecule has 98 valence electrons. The van der Waals surface area contributed by atoms with Crippen LogP contribution in [-0.4, -0.2) is 28.3 Å². The molecule has 1 aromatic rings. The molecule has 2 heterocycles. The van der Waals surface area contributed by atoms with Gasteiger partial charge in [-0.05, 0) is 32.6 Å². The fraction of sp³-hybridized carbons (Fsp3) is 0.615. The molecule has 1 atom stereocenters. The summed E-state index contributed by atoms with van der Waals surface area (Å²) in [5, 5.41) is 0. The second-order valence-electron chi connectivity index (χ2n) is 4.63. The third-order valence-electron chi connectivity index (χ3n) is 3.42. The monoisotopic (exact) mass is 251 g/mol. The number of hydrogen-bond donors (Lipinski definition) is 0. The lowest BCUT2D eigenvalue weighted by Crippen LogP contribution is -2.45. The van der Waals surface area contributed by atoms with Crippen molar-refractivity contribution in [2.75, 3.05) is 11.4 Å². The number of aryl methyl sites for hydroxylation is 1. The van der Waals surface area contributed by atoms with E-state index < -0.39 is 0 Å². The van der Waals surface area contributed by atoms with E-state index in [1.807, 2.05) is 6.92 Å². The molecule has 0 aliphatic carbocycles. The molecular formula is C13H18FN3O. The summed E-state index contributed by atoms with van der Waals surface area (Å²) in [4.78, 5) is 21.4. The number of piperidine rings is 1. The zero-order chi connectivity index (χ0) is 13.1. The van der Waals surface area contributed by atoms with Gasteiger partial charge < -0.3 is 4.90 Å². The van der Waals surface area contributed by atoms with Crippen molar-refractivity contribution in [1.29, 1.82) is 0 Å². The second-order valence-corrected chi connectivity index (χ2v) is 4.63. The lowest BCUT2D eigenvalue weighted by Gasteiger charge is -2.35. The predicted octanol–water partition coefficient (Wildman–Crippen LogP) is 2.13. The van der Waals surface area contributed by atoms with E-state index in [0.29, 0.717) is 18.7 Å². The maximum absolute atomic E-state index is 14.2. The number of anilines is 1. The Labute approximate surface area is 106 Å². The Morgan fingerprint density at radius 1 is 1.50 bits per heavy atom. The number of carbonyl (C=O) groups excluding carboxylic acids is 1. The first kappa shape index (κ1) is 12.9. The fourth-order valence-corrected chi connectivity index (χ4v) is 2.45. The number of ketones is 1. The number of carbonyl (C=O) groups is 1. The molecule has 0 radical (unpaired) electrons. The quantitative estimate of drug-likeness (QED) is 0.825. The van der Waals surface area contributed by atoms with Crippen LogP contribution >= 0.6 is 0 Å². The minimum Gasteiger partial charge on any atom is -0.344 e. The number of rotatable bonds is 3. The van der Waals surface area contributed by atoms with E-state index in [1.165, 1.54) is 6.33 Å². The van der Waals surface area contributed by atoms with E-state index in [1.54, 1.807) is 11.8 Å². The summed E-state index contributed by atoms with van der Waals surface area (Å²) >= 11 is 0. The minimum atomic E-state index is -0.381. The van der Waals surface area contributed by atoms with Gasteiger partial charge in [0.25, 0.3) is 0 Å². The van der Waals surface area contributed by atoms with E-state index in [9.17, 15) is 9.18 Å². The SMILES string of the molecule is CCc1ncnc(N2CCCCC2C(C)=O)c1F. The first-order valence-electron chi connectivity index (χ1n) is 6.41. The molecule has 18 heavy (non-hydrogen) atoms. The van der Waals surface area contributed by atoms with Crippen molar-refractivity contribution in [3.8, 4) is 0 Å². The van der Waals surface area contributed by atoms with Crippen LogP contribution in [0.4, 0.5) is 10.2 Å². The Morgan fingerprint density at radius 2 is 2.28 bits per heavy atom. The highest BCUT2D eigenvalue weighted by molar-refractivity contribution is 5.84. The Bertz CT molecular complexity index is 450. The Morgan fingerprint density at radius 3 is 2.94 bits per heavy atom. The molecule has 1 aliphatic rings. The maximum atomic E-state index is 14.2. The average Bonchev–Trinajstić information content (AvgIpc) is 2.39. The molecule has 5 heteroatoms. The van der Waals surface area contributed by atoms with Crippen LogP contribution in [0, 0.1) is 5.82 Å². The van der Waals surface area contributed by atoms with Crippen molar-refractivity contribution in [2.45, 2.75) is 45.6 Å². The highest BCUT2D eigenvalue weighted by Gasteiger charge is 2.29. The van der Waals surface area contributed by atoms with Gasteiger partial charge in [-0.15, -0.1) is 0 Å².